The Kier molecular flexibility index (Phi) is 7.44. The molecule has 1 saturated heterocycles. The average Bonchev–Trinajstić information content (AvgIpc) is 3.12. The number of rotatable bonds is 8. The number of carbonyl (C=O) groups is 2. The molecular weight excluding hydrogens is 454 g/mol. The van der Waals surface area contributed by atoms with Crippen molar-refractivity contribution in [2.75, 3.05) is 11.5 Å². The lowest BCUT2D eigenvalue weighted by Crippen LogP contribution is -2.29. The van der Waals surface area contributed by atoms with Crippen LogP contribution in [0.15, 0.2) is 72.3 Å². The van der Waals surface area contributed by atoms with Crippen molar-refractivity contribution in [3.63, 3.8) is 0 Å². The van der Waals surface area contributed by atoms with Gasteiger partial charge in [0.1, 0.15) is 17.3 Å². The number of hydrogen-bond acceptors (Lipinski definition) is 5. The van der Waals surface area contributed by atoms with Gasteiger partial charge in [0.15, 0.2) is 0 Å². The fourth-order valence-corrected chi connectivity index (χ4v) is 4.57. The zero-order chi connectivity index (χ0) is 25.8. The summed E-state index contributed by atoms with van der Waals surface area (Å²) in [7, 11) is 0. The van der Waals surface area contributed by atoms with Crippen molar-refractivity contribution in [2.45, 2.75) is 46.1 Å². The van der Waals surface area contributed by atoms with Crippen molar-refractivity contribution in [1.29, 1.82) is 0 Å². The molecule has 1 atom stereocenters. The number of nitrogens with zero attached hydrogens (tertiary/aromatic N) is 1. The summed E-state index contributed by atoms with van der Waals surface area (Å²) in [5, 5.41) is 21.1. The van der Waals surface area contributed by atoms with Crippen LogP contribution in [0.25, 0.3) is 5.76 Å². The second-order valence-corrected chi connectivity index (χ2v) is 9.19. The predicted octanol–water partition coefficient (Wildman–Crippen LogP) is 6.20. The number of Topliss-reactive ketones (excluding diaryl/α,β-unsaturated/α-hetero) is 1. The molecule has 3 aromatic rings. The van der Waals surface area contributed by atoms with E-state index in [1.165, 1.54) is 17.0 Å². The fraction of sp³-hybridized carbons (Fsp3) is 0.267. The Hall–Kier alpha value is -4.06. The number of amides is 1. The van der Waals surface area contributed by atoms with Crippen LogP contribution in [0, 0.1) is 13.8 Å². The molecule has 1 unspecified atom stereocenters. The molecule has 0 aliphatic carbocycles. The molecule has 36 heavy (non-hydrogen) atoms. The van der Waals surface area contributed by atoms with E-state index in [-0.39, 0.29) is 17.1 Å². The molecule has 2 N–H and O–H groups in total. The lowest BCUT2D eigenvalue weighted by molar-refractivity contribution is -0.132. The number of aliphatic hydroxyl groups is 1. The molecule has 0 bridgehead atoms. The topological polar surface area (TPSA) is 87.1 Å². The smallest absolute Gasteiger partial charge is 0.300 e. The summed E-state index contributed by atoms with van der Waals surface area (Å²) >= 11 is 0. The number of phenolic OH excluding ortho intramolecular Hbond substituents is 1. The standard InChI is InChI=1S/C30H31NO5/c1-4-5-6-15-36-25-13-9-22(10-14-25)28(33)26-27(21-7-11-24(32)12-8-21)31(30(35)29(26)34)23-17-19(2)16-20(3)18-23/h7-14,16-18,27,32-33H,4-6,15H2,1-3H3/b28-26+. The van der Waals surface area contributed by atoms with E-state index in [2.05, 4.69) is 6.92 Å². The van der Waals surface area contributed by atoms with E-state index in [0.717, 1.165) is 30.4 Å². The van der Waals surface area contributed by atoms with E-state index in [9.17, 15) is 19.8 Å². The molecular formula is C30H31NO5. The van der Waals surface area contributed by atoms with Gasteiger partial charge in [-0.1, -0.05) is 38.0 Å². The van der Waals surface area contributed by atoms with Gasteiger partial charge in [0.2, 0.25) is 0 Å². The van der Waals surface area contributed by atoms with Crippen molar-refractivity contribution < 1.29 is 24.5 Å². The lowest BCUT2D eigenvalue weighted by Gasteiger charge is -2.26. The Morgan fingerprint density at radius 2 is 1.56 bits per heavy atom. The highest BCUT2D eigenvalue weighted by molar-refractivity contribution is 6.51. The second-order valence-electron chi connectivity index (χ2n) is 9.19. The minimum absolute atomic E-state index is 0.00135. The van der Waals surface area contributed by atoms with Crippen LogP contribution in [-0.2, 0) is 9.59 Å². The highest BCUT2D eigenvalue weighted by Crippen LogP contribution is 2.43. The number of ether oxygens (including phenoxy) is 1. The number of benzene rings is 3. The number of aliphatic hydroxyl groups excluding tert-OH is 1. The quantitative estimate of drug-likeness (QED) is 0.172. The van der Waals surface area contributed by atoms with Crippen LogP contribution in [0.5, 0.6) is 11.5 Å². The first-order valence-electron chi connectivity index (χ1n) is 12.2. The molecule has 0 saturated carbocycles. The van der Waals surface area contributed by atoms with Gasteiger partial charge in [0.05, 0.1) is 18.2 Å². The minimum Gasteiger partial charge on any atom is -0.508 e. The molecule has 1 fully saturated rings. The molecule has 0 aromatic heterocycles. The zero-order valence-corrected chi connectivity index (χ0v) is 20.8. The highest BCUT2D eigenvalue weighted by Gasteiger charge is 2.47. The number of carbonyl (C=O) groups excluding carboxylic acids is 2. The molecule has 4 rings (SSSR count). The maximum absolute atomic E-state index is 13.3. The molecule has 1 aliphatic heterocycles. The van der Waals surface area contributed by atoms with Crippen LogP contribution in [-0.4, -0.2) is 28.5 Å². The summed E-state index contributed by atoms with van der Waals surface area (Å²) in [5.41, 5.74) is 3.49. The van der Waals surface area contributed by atoms with E-state index >= 15 is 0 Å². The average molecular weight is 486 g/mol. The van der Waals surface area contributed by atoms with Crippen LogP contribution in [0.1, 0.15) is 54.5 Å². The van der Waals surface area contributed by atoms with Gasteiger partial charge in [-0.3, -0.25) is 14.5 Å². The molecule has 1 aliphatic rings. The minimum atomic E-state index is -0.850. The normalized spacial score (nSPS) is 17.0. The molecule has 0 spiro atoms. The number of aromatic hydroxyl groups is 1. The largest absolute Gasteiger partial charge is 0.508 e. The van der Waals surface area contributed by atoms with Gasteiger partial charge in [0.25, 0.3) is 11.7 Å². The summed E-state index contributed by atoms with van der Waals surface area (Å²) in [5.74, 6) is -0.985. The maximum atomic E-state index is 13.3. The van der Waals surface area contributed by atoms with Crippen LogP contribution in [0.4, 0.5) is 5.69 Å². The molecule has 1 heterocycles. The third kappa shape index (κ3) is 5.13. The maximum Gasteiger partial charge on any atom is 0.300 e. The predicted molar refractivity (Wildman–Crippen MR) is 140 cm³/mol. The van der Waals surface area contributed by atoms with Crippen molar-refractivity contribution in [3.8, 4) is 11.5 Å². The molecule has 1 amide bonds. The van der Waals surface area contributed by atoms with Gasteiger partial charge in [-0.2, -0.15) is 0 Å². The van der Waals surface area contributed by atoms with Crippen LogP contribution in [0.2, 0.25) is 0 Å². The zero-order valence-electron chi connectivity index (χ0n) is 20.8. The summed E-state index contributed by atoms with van der Waals surface area (Å²) in [6, 6.07) is 18.0. The van der Waals surface area contributed by atoms with E-state index in [4.69, 9.17) is 4.74 Å². The van der Waals surface area contributed by atoms with Crippen LogP contribution >= 0.6 is 0 Å². The number of anilines is 1. The van der Waals surface area contributed by atoms with E-state index in [1.807, 2.05) is 32.0 Å². The summed E-state index contributed by atoms with van der Waals surface area (Å²) in [6.45, 7) is 6.59. The first kappa shape index (κ1) is 25.0. The van der Waals surface area contributed by atoms with Gasteiger partial charge in [-0.25, -0.2) is 0 Å². The number of unbranched alkanes of at least 4 members (excludes halogenated alkanes) is 2. The van der Waals surface area contributed by atoms with Gasteiger partial charge in [-0.05, 0) is 85.5 Å². The van der Waals surface area contributed by atoms with Crippen LogP contribution < -0.4 is 9.64 Å². The Balaban J connectivity index is 1.77. The molecule has 186 valence electrons. The second kappa shape index (κ2) is 10.7. The Morgan fingerprint density at radius 1 is 0.917 bits per heavy atom. The number of aryl methyl sites for hydroxylation is 2. The fourth-order valence-electron chi connectivity index (χ4n) is 4.57. The van der Waals surface area contributed by atoms with Gasteiger partial charge in [-0.15, -0.1) is 0 Å². The van der Waals surface area contributed by atoms with Crippen LogP contribution in [0.3, 0.4) is 0 Å². The van der Waals surface area contributed by atoms with Crippen molar-refractivity contribution in [3.05, 3.63) is 94.6 Å². The summed E-state index contributed by atoms with van der Waals surface area (Å²) in [4.78, 5) is 28.0. The third-order valence-corrected chi connectivity index (χ3v) is 6.28. The Morgan fingerprint density at radius 3 is 2.17 bits per heavy atom. The van der Waals surface area contributed by atoms with E-state index in [1.54, 1.807) is 36.4 Å². The molecule has 0 radical (unpaired) electrons. The van der Waals surface area contributed by atoms with Gasteiger partial charge >= 0.3 is 0 Å². The number of ketones is 1. The summed E-state index contributed by atoms with van der Waals surface area (Å²) < 4.78 is 5.75. The Bertz CT molecular complexity index is 1270. The number of phenols is 1. The van der Waals surface area contributed by atoms with Gasteiger partial charge < -0.3 is 14.9 Å². The van der Waals surface area contributed by atoms with Crippen molar-refractivity contribution >= 4 is 23.1 Å². The van der Waals surface area contributed by atoms with Crippen molar-refractivity contribution in [2.24, 2.45) is 0 Å². The highest BCUT2D eigenvalue weighted by atomic mass is 16.5. The first-order valence-corrected chi connectivity index (χ1v) is 12.2. The third-order valence-electron chi connectivity index (χ3n) is 6.28. The molecule has 6 heteroatoms. The van der Waals surface area contributed by atoms with E-state index < -0.39 is 17.7 Å². The Labute approximate surface area is 211 Å². The lowest BCUT2D eigenvalue weighted by atomic mass is 9.95. The van der Waals surface area contributed by atoms with E-state index in [0.29, 0.717) is 29.2 Å². The monoisotopic (exact) mass is 485 g/mol. The first-order chi connectivity index (χ1) is 17.3. The number of hydrogen-bond donors (Lipinski definition) is 2. The van der Waals surface area contributed by atoms with Crippen molar-refractivity contribution in [1.82, 2.24) is 0 Å². The molecule has 6 nitrogen and oxygen atoms in total. The van der Waals surface area contributed by atoms with Gasteiger partial charge in [0, 0.05) is 11.3 Å². The SMILES string of the molecule is CCCCCOc1ccc(/C(O)=C2\C(=O)C(=O)N(c3cc(C)cc(C)c3)C2c2ccc(O)cc2)cc1. The summed E-state index contributed by atoms with van der Waals surface area (Å²) in [6.07, 6.45) is 3.17. The molecule has 3 aromatic carbocycles.